The maximum atomic E-state index is 12.4. The largest absolute Gasteiger partial charge is 0.508 e. The number of phenolic OH excluding ortho intramolecular Hbond substituents is 1. The molecule has 1 aromatic carbocycles. The van der Waals surface area contributed by atoms with Crippen LogP contribution in [-0.4, -0.2) is 44.7 Å². The summed E-state index contributed by atoms with van der Waals surface area (Å²) in [6.45, 7) is 1.15. The number of hydrogen-bond donors (Lipinski definition) is 3. The van der Waals surface area contributed by atoms with Gasteiger partial charge in [0.2, 0.25) is 5.91 Å². The molecule has 0 unspecified atom stereocenters. The molecule has 9 nitrogen and oxygen atoms in total. The summed E-state index contributed by atoms with van der Waals surface area (Å²) in [4.78, 5) is 48.8. The van der Waals surface area contributed by atoms with Crippen molar-refractivity contribution < 1.29 is 33.8 Å². The molecule has 0 aliphatic carbocycles. The number of thioether (sulfide) groups is 1. The monoisotopic (exact) mass is 402 g/mol. The highest BCUT2D eigenvalue weighted by molar-refractivity contribution is 8.18. The highest BCUT2D eigenvalue weighted by Crippen LogP contribution is 2.32. The molecule has 1 aliphatic rings. The third-order valence-electron chi connectivity index (χ3n) is 3.72. The second-order valence-electron chi connectivity index (χ2n) is 5.80. The lowest BCUT2D eigenvalue weighted by Gasteiger charge is -2.13. The lowest BCUT2D eigenvalue weighted by Crippen LogP contribution is -2.36. The van der Waals surface area contributed by atoms with Crippen molar-refractivity contribution in [2.45, 2.75) is 6.92 Å². The van der Waals surface area contributed by atoms with Crippen molar-refractivity contribution in [3.63, 3.8) is 0 Å². The van der Waals surface area contributed by atoms with Gasteiger partial charge >= 0.3 is 5.97 Å². The summed E-state index contributed by atoms with van der Waals surface area (Å²) in [7, 11) is 0. The Morgan fingerprint density at radius 2 is 2.00 bits per heavy atom. The fraction of sp³-hybridized carbons (Fsp3) is 0.111. The number of benzene rings is 1. The smallest absolute Gasteiger partial charge is 0.337 e. The van der Waals surface area contributed by atoms with Crippen LogP contribution in [0.5, 0.6) is 5.75 Å². The number of furan rings is 1. The summed E-state index contributed by atoms with van der Waals surface area (Å²) in [5.74, 6) is -1.99. The van der Waals surface area contributed by atoms with Gasteiger partial charge in [-0.25, -0.2) is 4.79 Å². The molecule has 10 heteroatoms. The first kappa shape index (κ1) is 19.2. The zero-order valence-corrected chi connectivity index (χ0v) is 15.3. The first-order chi connectivity index (χ1) is 13.2. The van der Waals surface area contributed by atoms with E-state index >= 15 is 0 Å². The number of carboxylic acid groups (broad SMARTS) is 1. The average molecular weight is 402 g/mol. The molecule has 1 aliphatic heterocycles. The minimum Gasteiger partial charge on any atom is -0.508 e. The number of hydrogen-bond acceptors (Lipinski definition) is 7. The van der Waals surface area contributed by atoms with Gasteiger partial charge in [-0.15, -0.1) is 0 Å². The van der Waals surface area contributed by atoms with E-state index in [1.807, 2.05) is 0 Å². The van der Waals surface area contributed by atoms with E-state index in [0.717, 1.165) is 11.0 Å². The summed E-state index contributed by atoms with van der Waals surface area (Å²) < 4.78 is 5.34. The molecule has 144 valence electrons. The van der Waals surface area contributed by atoms with Crippen molar-refractivity contribution in [3.05, 3.63) is 52.3 Å². The molecule has 0 radical (unpaired) electrons. The van der Waals surface area contributed by atoms with Gasteiger partial charge in [0.1, 0.15) is 23.8 Å². The van der Waals surface area contributed by atoms with Gasteiger partial charge in [0.25, 0.3) is 11.1 Å². The first-order valence-electron chi connectivity index (χ1n) is 7.92. The number of amides is 3. The molecule has 1 aromatic heterocycles. The third-order valence-corrected chi connectivity index (χ3v) is 4.62. The molecule has 1 saturated heterocycles. The van der Waals surface area contributed by atoms with Gasteiger partial charge in [0.05, 0.1) is 16.2 Å². The van der Waals surface area contributed by atoms with Gasteiger partial charge in [-0.2, -0.15) is 0 Å². The molecular weight excluding hydrogens is 388 g/mol. The van der Waals surface area contributed by atoms with Crippen LogP contribution in [0.2, 0.25) is 0 Å². The fourth-order valence-corrected chi connectivity index (χ4v) is 3.27. The number of carboxylic acids is 1. The summed E-state index contributed by atoms with van der Waals surface area (Å²) in [5.41, 5.74) is -0.389. The van der Waals surface area contributed by atoms with Crippen LogP contribution in [0.4, 0.5) is 10.5 Å². The molecule has 1 fully saturated rings. The van der Waals surface area contributed by atoms with Crippen LogP contribution in [0.3, 0.4) is 0 Å². The molecule has 3 N–H and O–H groups in total. The van der Waals surface area contributed by atoms with Gasteiger partial charge in [-0.3, -0.25) is 19.3 Å². The van der Waals surface area contributed by atoms with Crippen molar-refractivity contribution in [1.29, 1.82) is 0 Å². The topological polar surface area (TPSA) is 137 Å². The Hall–Kier alpha value is -3.53. The highest BCUT2D eigenvalue weighted by Gasteiger charge is 2.36. The highest BCUT2D eigenvalue weighted by atomic mass is 32.2. The van der Waals surface area contributed by atoms with Crippen molar-refractivity contribution in [3.8, 4) is 5.75 Å². The Morgan fingerprint density at radius 1 is 1.25 bits per heavy atom. The van der Waals surface area contributed by atoms with Crippen molar-refractivity contribution in [2.75, 3.05) is 11.9 Å². The SMILES string of the molecule is Cc1ccc(/C=C2\SC(=O)N(CC(=O)Nc3ccc(O)cc3C(=O)O)C2=O)o1. The van der Waals surface area contributed by atoms with E-state index in [1.165, 1.54) is 18.2 Å². The Kier molecular flexibility index (Phi) is 5.23. The van der Waals surface area contributed by atoms with Crippen LogP contribution in [-0.2, 0) is 9.59 Å². The van der Waals surface area contributed by atoms with Crippen molar-refractivity contribution in [1.82, 2.24) is 4.90 Å². The zero-order valence-electron chi connectivity index (χ0n) is 14.5. The van der Waals surface area contributed by atoms with E-state index in [2.05, 4.69) is 5.32 Å². The molecule has 3 amide bonds. The molecular formula is C18H14N2O7S. The maximum absolute atomic E-state index is 12.4. The minimum atomic E-state index is -1.35. The summed E-state index contributed by atoms with van der Waals surface area (Å²) in [5, 5.41) is 20.2. The molecule has 2 heterocycles. The molecule has 28 heavy (non-hydrogen) atoms. The quantitative estimate of drug-likeness (QED) is 0.513. The number of carbonyl (C=O) groups excluding carboxylic acids is 3. The van der Waals surface area contributed by atoms with Crippen LogP contribution in [0.1, 0.15) is 21.9 Å². The summed E-state index contributed by atoms with van der Waals surface area (Å²) >= 11 is 0.676. The van der Waals surface area contributed by atoms with Crippen LogP contribution >= 0.6 is 11.8 Å². The predicted molar refractivity (Wildman–Crippen MR) is 99.8 cm³/mol. The average Bonchev–Trinajstić information content (AvgIpc) is 3.14. The molecule has 3 rings (SSSR count). The Balaban J connectivity index is 1.72. The lowest BCUT2D eigenvalue weighted by atomic mass is 10.1. The van der Waals surface area contributed by atoms with E-state index in [1.54, 1.807) is 19.1 Å². The molecule has 2 aromatic rings. The van der Waals surface area contributed by atoms with E-state index in [-0.39, 0.29) is 21.9 Å². The maximum Gasteiger partial charge on any atom is 0.337 e. The van der Waals surface area contributed by atoms with Gasteiger partial charge in [0, 0.05) is 6.08 Å². The second-order valence-corrected chi connectivity index (χ2v) is 6.79. The standard InChI is InChI=1S/C18H14N2O7S/c1-9-2-4-11(27-9)7-14-16(23)20(18(26)28-14)8-15(22)19-13-5-3-10(21)6-12(13)17(24)25/h2-7,21H,8H2,1H3,(H,19,22)(H,24,25)/b14-7-. The van der Waals surface area contributed by atoms with Gasteiger partial charge < -0.3 is 19.9 Å². The number of nitrogens with zero attached hydrogens (tertiary/aromatic N) is 1. The molecule has 0 bridgehead atoms. The van der Waals surface area contributed by atoms with Crippen molar-refractivity contribution in [2.24, 2.45) is 0 Å². The lowest BCUT2D eigenvalue weighted by molar-refractivity contribution is -0.127. The van der Waals surface area contributed by atoms with Gasteiger partial charge in [-0.1, -0.05) is 0 Å². The van der Waals surface area contributed by atoms with Crippen LogP contribution < -0.4 is 5.32 Å². The number of rotatable bonds is 5. The number of carbonyl (C=O) groups is 4. The molecule has 0 atom stereocenters. The Labute approximate surface area is 162 Å². The van der Waals surface area contributed by atoms with Gasteiger partial charge in [0.15, 0.2) is 0 Å². The molecule has 0 spiro atoms. The third kappa shape index (κ3) is 4.07. The van der Waals surface area contributed by atoms with Crippen molar-refractivity contribution >= 4 is 46.5 Å². The number of nitrogens with one attached hydrogen (secondary N) is 1. The minimum absolute atomic E-state index is 0.0659. The van der Waals surface area contributed by atoms with Crippen LogP contribution in [0, 0.1) is 6.92 Å². The number of phenols is 1. The van der Waals surface area contributed by atoms with E-state index < -0.39 is 29.6 Å². The Morgan fingerprint density at radius 3 is 2.64 bits per heavy atom. The number of anilines is 1. The fourth-order valence-electron chi connectivity index (χ4n) is 2.45. The predicted octanol–water partition coefficient (Wildman–Crippen LogP) is 2.67. The van der Waals surface area contributed by atoms with Gasteiger partial charge in [-0.05, 0) is 49.0 Å². The summed E-state index contributed by atoms with van der Waals surface area (Å²) in [6, 6.07) is 6.75. The second kappa shape index (κ2) is 7.61. The number of aromatic carboxylic acids is 1. The number of aromatic hydroxyl groups is 1. The number of aryl methyl sites for hydroxylation is 1. The Bertz CT molecular complexity index is 1020. The number of imide groups is 1. The first-order valence-corrected chi connectivity index (χ1v) is 8.74. The zero-order chi connectivity index (χ0) is 20.4. The summed E-state index contributed by atoms with van der Waals surface area (Å²) in [6.07, 6.45) is 1.41. The van der Waals surface area contributed by atoms with E-state index in [0.29, 0.717) is 23.3 Å². The van der Waals surface area contributed by atoms with Crippen LogP contribution in [0.15, 0.2) is 39.7 Å². The van der Waals surface area contributed by atoms with E-state index in [9.17, 15) is 24.3 Å². The van der Waals surface area contributed by atoms with Crippen LogP contribution in [0.25, 0.3) is 6.08 Å². The molecule has 0 saturated carbocycles. The van der Waals surface area contributed by atoms with E-state index in [4.69, 9.17) is 9.52 Å². The normalized spacial score (nSPS) is 15.3.